The van der Waals surface area contributed by atoms with E-state index < -0.39 is 0 Å². The van der Waals surface area contributed by atoms with Crippen LogP contribution >= 0.6 is 22.6 Å². The minimum absolute atomic E-state index is 0.544. The average molecular weight is 371 g/mol. The zero-order valence-corrected chi connectivity index (χ0v) is 12.6. The van der Waals surface area contributed by atoms with Gasteiger partial charge in [0, 0.05) is 14.6 Å². The molecular weight excluding hydrogens is 361 g/mol. The van der Waals surface area contributed by atoms with Crippen molar-refractivity contribution in [2.45, 2.75) is 0 Å². The lowest BCUT2D eigenvalue weighted by molar-refractivity contribution is 1.34. The van der Waals surface area contributed by atoms with Gasteiger partial charge in [-0.3, -0.25) is 0 Å². The number of rotatable bonds is 2. The van der Waals surface area contributed by atoms with Gasteiger partial charge in [-0.15, -0.1) is 0 Å². The van der Waals surface area contributed by atoms with Crippen LogP contribution in [0.25, 0.3) is 10.9 Å². The minimum Gasteiger partial charge on any atom is -0.339 e. The quantitative estimate of drug-likeness (QED) is 0.677. The Balaban J connectivity index is 2.06. The second-order valence-corrected chi connectivity index (χ2v) is 5.57. The lowest BCUT2D eigenvalue weighted by Crippen LogP contribution is -1.97. The van der Waals surface area contributed by atoms with E-state index in [9.17, 15) is 5.26 Å². The predicted molar refractivity (Wildman–Crippen MR) is 88.9 cm³/mol. The number of hydrogen-bond acceptors (Lipinski definition) is 3. The molecule has 0 aliphatic carbocycles. The van der Waals surface area contributed by atoms with Gasteiger partial charge in [-0.25, -0.2) is 4.98 Å². The number of benzene rings is 2. The minimum atomic E-state index is 0.544. The molecule has 4 heteroatoms. The van der Waals surface area contributed by atoms with E-state index in [0.29, 0.717) is 11.4 Å². The molecule has 0 bridgehead atoms. The second-order valence-electron chi connectivity index (χ2n) is 4.32. The summed E-state index contributed by atoms with van der Waals surface area (Å²) >= 11 is 2.26. The molecule has 0 aliphatic rings. The molecule has 0 radical (unpaired) electrons. The molecule has 3 nitrogen and oxygen atoms in total. The summed E-state index contributed by atoms with van der Waals surface area (Å²) in [4.78, 5) is 4.53. The van der Waals surface area contributed by atoms with Crippen LogP contribution in [0.2, 0.25) is 0 Å². The van der Waals surface area contributed by atoms with Gasteiger partial charge in [-0.05, 0) is 59.0 Å². The maximum atomic E-state index is 9.27. The van der Waals surface area contributed by atoms with Crippen molar-refractivity contribution in [1.82, 2.24) is 4.98 Å². The molecule has 2 aromatic carbocycles. The molecule has 0 unspecified atom stereocenters. The van der Waals surface area contributed by atoms with Crippen LogP contribution in [0.5, 0.6) is 0 Å². The summed E-state index contributed by atoms with van der Waals surface area (Å²) in [5, 5.41) is 13.4. The van der Waals surface area contributed by atoms with Gasteiger partial charge in [0.15, 0.2) is 0 Å². The molecule has 96 valence electrons. The lowest BCUT2D eigenvalue weighted by atomic mass is 10.1. The molecular formula is C16H10IN3. The zero-order chi connectivity index (χ0) is 13.9. The number of para-hydroxylation sites is 1. The van der Waals surface area contributed by atoms with Gasteiger partial charge in [0.2, 0.25) is 0 Å². The van der Waals surface area contributed by atoms with Crippen LogP contribution < -0.4 is 5.32 Å². The largest absolute Gasteiger partial charge is 0.339 e. The fourth-order valence-electron chi connectivity index (χ4n) is 1.97. The fraction of sp³-hybridized carbons (Fsp3) is 0. The van der Waals surface area contributed by atoms with Crippen LogP contribution in [0, 0.1) is 14.9 Å². The molecule has 1 heterocycles. The third-order valence-electron chi connectivity index (χ3n) is 2.95. The van der Waals surface area contributed by atoms with Crippen LogP contribution in [-0.2, 0) is 0 Å². The molecule has 0 amide bonds. The number of nitrogens with one attached hydrogen (secondary N) is 1. The van der Waals surface area contributed by atoms with Gasteiger partial charge >= 0.3 is 0 Å². The van der Waals surface area contributed by atoms with E-state index >= 15 is 0 Å². The highest BCUT2D eigenvalue weighted by Gasteiger charge is 2.06. The number of pyridine rings is 1. The van der Waals surface area contributed by atoms with E-state index in [1.54, 1.807) is 0 Å². The van der Waals surface area contributed by atoms with E-state index in [1.165, 1.54) is 3.57 Å². The lowest BCUT2D eigenvalue weighted by Gasteiger charge is -2.09. The number of nitrogens with zero attached hydrogens (tertiary/aromatic N) is 2. The Labute approximate surface area is 130 Å². The molecule has 3 aromatic rings. The molecule has 1 aromatic heterocycles. The Morgan fingerprint density at radius 3 is 2.55 bits per heavy atom. The van der Waals surface area contributed by atoms with Crippen molar-refractivity contribution < 1.29 is 0 Å². The number of fused-ring (bicyclic) bond motifs is 1. The van der Waals surface area contributed by atoms with E-state index in [-0.39, 0.29) is 0 Å². The van der Waals surface area contributed by atoms with Gasteiger partial charge in [0.1, 0.15) is 11.9 Å². The van der Waals surface area contributed by atoms with Crippen LogP contribution in [0.1, 0.15) is 5.56 Å². The predicted octanol–water partition coefficient (Wildman–Crippen LogP) is 4.45. The van der Waals surface area contributed by atoms with Gasteiger partial charge in [-0.2, -0.15) is 5.26 Å². The van der Waals surface area contributed by atoms with Crippen molar-refractivity contribution in [2.24, 2.45) is 0 Å². The molecule has 0 saturated carbocycles. The van der Waals surface area contributed by atoms with Crippen molar-refractivity contribution in [2.75, 3.05) is 5.32 Å². The summed E-state index contributed by atoms with van der Waals surface area (Å²) in [5.41, 5.74) is 2.34. The van der Waals surface area contributed by atoms with Gasteiger partial charge in [0.05, 0.1) is 11.1 Å². The molecule has 0 saturated heterocycles. The first-order valence-corrected chi connectivity index (χ1v) is 7.16. The zero-order valence-electron chi connectivity index (χ0n) is 10.5. The van der Waals surface area contributed by atoms with E-state index in [2.05, 4.69) is 39.0 Å². The van der Waals surface area contributed by atoms with Gasteiger partial charge in [0.25, 0.3) is 0 Å². The topological polar surface area (TPSA) is 48.7 Å². The van der Waals surface area contributed by atoms with Crippen molar-refractivity contribution in [3.63, 3.8) is 0 Å². The molecule has 0 spiro atoms. The number of hydrogen-bond donors (Lipinski definition) is 1. The average Bonchev–Trinajstić information content (AvgIpc) is 2.49. The van der Waals surface area contributed by atoms with Gasteiger partial charge < -0.3 is 5.32 Å². The summed E-state index contributed by atoms with van der Waals surface area (Å²) in [5.74, 6) is 0.590. The SMILES string of the molecule is N#Cc1cc2ccccc2nc1Nc1ccc(I)cc1. The Morgan fingerprint density at radius 1 is 1.05 bits per heavy atom. The van der Waals surface area contributed by atoms with Crippen molar-refractivity contribution in [3.05, 3.63) is 63.7 Å². The fourth-order valence-corrected chi connectivity index (χ4v) is 2.33. The summed E-state index contributed by atoms with van der Waals surface area (Å²) in [6.07, 6.45) is 0. The summed E-state index contributed by atoms with van der Waals surface area (Å²) in [7, 11) is 0. The number of nitriles is 1. The summed E-state index contributed by atoms with van der Waals surface area (Å²) in [6.45, 7) is 0. The smallest absolute Gasteiger partial charge is 0.149 e. The normalized spacial score (nSPS) is 10.2. The maximum absolute atomic E-state index is 9.27. The van der Waals surface area contributed by atoms with Gasteiger partial charge in [-0.1, -0.05) is 18.2 Å². The number of anilines is 2. The first kappa shape index (κ1) is 12.9. The molecule has 0 fully saturated rings. The highest BCUT2D eigenvalue weighted by atomic mass is 127. The highest BCUT2D eigenvalue weighted by Crippen LogP contribution is 2.23. The van der Waals surface area contributed by atoms with E-state index in [1.807, 2.05) is 54.6 Å². The summed E-state index contributed by atoms with van der Waals surface area (Å²) in [6, 6.07) is 19.8. The third-order valence-corrected chi connectivity index (χ3v) is 3.67. The van der Waals surface area contributed by atoms with Crippen LogP contribution in [-0.4, -0.2) is 4.98 Å². The Morgan fingerprint density at radius 2 is 1.80 bits per heavy atom. The first-order valence-electron chi connectivity index (χ1n) is 6.09. The molecule has 20 heavy (non-hydrogen) atoms. The Kier molecular flexibility index (Phi) is 3.52. The number of aromatic nitrogens is 1. The van der Waals surface area contributed by atoms with E-state index in [0.717, 1.165) is 16.6 Å². The molecule has 3 rings (SSSR count). The standard InChI is InChI=1S/C16H10IN3/c17-13-5-7-14(8-6-13)19-16-12(10-18)9-11-3-1-2-4-15(11)20-16/h1-9H,(H,19,20). The van der Waals surface area contributed by atoms with Crippen LogP contribution in [0.15, 0.2) is 54.6 Å². The van der Waals surface area contributed by atoms with Crippen molar-refractivity contribution in [3.8, 4) is 6.07 Å². The third kappa shape index (κ3) is 2.58. The summed E-state index contributed by atoms with van der Waals surface area (Å²) < 4.78 is 1.17. The molecule has 1 N–H and O–H groups in total. The van der Waals surface area contributed by atoms with E-state index in [4.69, 9.17) is 0 Å². The van der Waals surface area contributed by atoms with Crippen molar-refractivity contribution in [1.29, 1.82) is 5.26 Å². The first-order chi connectivity index (χ1) is 9.76. The second kappa shape index (κ2) is 5.47. The highest BCUT2D eigenvalue weighted by molar-refractivity contribution is 14.1. The molecule has 0 aliphatic heterocycles. The van der Waals surface area contributed by atoms with Crippen LogP contribution in [0.3, 0.4) is 0 Å². The number of halogens is 1. The molecule has 0 atom stereocenters. The maximum Gasteiger partial charge on any atom is 0.149 e. The Bertz CT molecular complexity index is 804. The van der Waals surface area contributed by atoms with Crippen LogP contribution in [0.4, 0.5) is 11.5 Å². The van der Waals surface area contributed by atoms with Crippen molar-refractivity contribution >= 4 is 45.0 Å². The Hall–Kier alpha value is -2.13. The monoisotopic (exact) mass is 371 g/mol.